The van der Waals surface area contributed by atoms with Crippen molar-refractivity contribution in [2.75, 3.05) is 6.61 Å². The van der Waals surface area contributed by atoms with Crippen LogP contribution in [0.4, 0.5) is 0 Å². The Morgan fingerprint density at radius 1 is 1.25 bits per heavy atom. The molecule has 0 heterocycles. The molecule has 1 nitrogen and oxygen atoms in total. The Balaban J connectivity index is 2.71. The third kappa shape index (κ3) is 5.01. The minimum atomic E-state index is 0.223. The zero-order chi connectivity index (χ0) is 12.0. The van der Waals surface area contributed by atoms with E-state index in [4.69, 9.17) is 4.74 Å². The van der Waals surface area contributed by atoms with Gasteiger partial charge < -0.3 is 4.74 Å². The van der Waals surface area contributed by atoms with Crippen molar-refractivity contribution in [3.63, 3.8) is 0 Å². The highest BCUT2D eigenvalue weighted by Crippen LogP contribution is 2.19. The van der Waals surface area contributed by atoms with Crippen LogP contribution in [-0.2, 0) is 0 Å². The van der Waals surface area contributed by atoms with E-state index in [9.17, 15) is 0 Å². The molecule has 1 aromatic carbocycles. The predicted octanol–water partition coefficient (Wildman–Crippen LogP) is 4.53. The molecule has 16 heavy (non-hydrogen) atoms. The molecule has 0 N–H and O–H groups in total. The SMILES string of the molecule is CCCOc1cccc(C=CC(C)(C)C)c1. The smallest absolute Gasteiger partial charge is 0.119 e. The quantitative estimate of drug-likeness (QED) is 0.721. The Morgan fingerprint density at radius 3 is 2.62 bits per heavy atom. The van der Waals surface area contributed by atoms with Gasteiger partial charge in [-0.15, -0.1) is 0 Å². The first kappa shape index (κ1) is 12.8. The minimum absolute atomic E-state index is 0.223. The first-order valence-electron chi connectivity index (χ1n) is 5.93. The van der Waals surface area contributed by atoms with Gasteiger partial charge in [0, 0.05) is 0 Å². The Hall–Kier alpha value is -1.24. The summed E-state index contributed by atoms with van der Waals surface area (Å²) in [6.07, 6.45) is 5.41. The Bertz CT molecular complexity index is 345. The van der Waals surface area contributed by atoms with Gasteiger partial charge in [-0.05, 0) is 29.5 Å². The largest absolute Gasteiger partial charge is 0.494 e. The molecule has 0 unspecified atom stereocenters. The number of rotatable bonds is 4. The first-order valence-corrected chi connectivity index (χ1v) is 5.93. The second kappa shape index (κ2) is 5.74. The van der Waals surface area contributed by atoms with Gasteiger partial charge in [0.2, 0.25) is 0 Å². The number of hydrogen-bond acceptors (Lipinski definition) is 1. The number of hydrogen-bond donors (Lipinski definition) is 0. The van der Waals surface area contributed by atoms with Crippen LogP contribution in [0.2, 0.25) is 0 Å². The van der Waals surface area contributed by atoms with Gasteiger partial charge in [-0.1, -0.05) is 52.0 Å². The molecular formula is C15H22O. The second-order valence-electron chi connectivity index (χ2n) is 5.12. The Kier molecular flexibility index (Phi) is 4.60. The summed E-state index contributed by atoms with van der Waals surface area (Å²) in [5.74, 6) is 0.956. The molecule has 0 amide bonds. The van der Waals surface area contributed by atoms with Crippen molar-refractivity contribution in [1.82, 2.24) is 0 Å². The Morgan fingerprint density at radius 2 is 2.00 bits per heavy atom. The lowest BCUT2D eigenvalue weighted by molar-refractivity contribution is 0.317. The van der Waals surface area contributed by atoms with Gasteiger partial charge in [0.15, 0.2) is 0 Å². The van der Waals surface area contributed by atoms with Crippen LogP contribution in [0.1, 0.15) is 39.7 Å². The van der Waals surface area contributed by atoms with Gasteiger partial charge in [-0.3, -0.25) is 0 Å². The van der Waals surface area contributed by atoms with Crippen LogP contribution >= 0.6 is 0 Å². The van der Waals surface area contributed by atoms with Gasteiger partial charge in [0.25, 0.3) is 0 Å². The van der Waals surface area contributed by atoms with Gasteiger partial charge in [0.05, 0.1) is 6.61 Å². The first-order chi connectivity index (χ1) is 7.51. The summed E-state index contributed by atoms with van der Waals surface area (Å²) in [6.45, 7) is 9.48. The summed E-state index contributed by atoms with van der Waals surface area (Å²) in [5.41, 5.74) is 1.42. The molecule has 0 aliphatic heterocycles. The van der Waals surface area contributed by atoms with Crippen molar-refractivity contribution in [3.8, 4) is 5.75 Å². The van der Waals surface area contributed by atoms with E-state index in [1.807, 2.05) is 12.1 Å². The molecule has 0 aliphatic carbocycles. The topological polar surface area (TPSA) is 9.23 Å². The van der Waals surface area contributed by atoms with Crippen molar-refractivity contribution >= 4 is 6.08 Å². The molecule has 0 saturated carbocycles. The average Bonchev–Trinajstić information content (AvgIpc) is 2.23. The molecule has 1 aromatic rings. The van der Waals surface area contributed by atoms with Crippen molar-refractivity contribution in [2.45, 2.75) is 34.1 Å². The minimum Gasteiger partial charge on any atom is -0.494 e. The summed E-state index contributed by atoms with van der Waals surface area (Å²) in [7, 11) is 0. The van der Waals surface area contributed by atoms with Crippen LogP contribution in [-0.4, -0.2) is 6.61 Å². The van der Waals surface area contributed by atoms with Gasteiger partial charge >= 0.3 is 0 Å². The lowest BCUT2D eigenvalue weighted by Gasteiger charge is -2.11. The molecule has 1 heteroatoms. The molecular weight excluding hydrogens is 196 g/mol. The van der Waals surface area contributed by atoms with Crippen LogP contribution in [0.3, 0.4) is 0 Å². The number of ether oxygens (including phenoxy) is 1. The van der Waals surface area contributed by atoms with Gasteiger partial charge in [0.1, 0.15) is 5.75 Å². The highest BCUT2D eigenvalue weighted by atomic mass is 16.5. The van der Waals surface area contributed by atoms with E-state index in [1.165, 1.54) is 5.56 Å². The van der Waals surface area contributed by atoms with Crippen molar-refractivity contribution < 1.29 is 4.74 Å². The van der Waals surface area contributed by atoms with Crippen molar-refractivity contribution in [3.05, 3.63) is 35.9 Å². The van der Waals surface area contributed by atoms with E-state index in [2.05, 4.69) is 52.0 Å². The van der Waals surface area contributed by atoms with Crippen molar-refractivity contribution in [1.29, 1.82) is 0 Å². The van der Waals surface area contributed by atoms with Crippen LogP contribution in [0.25, 0.3) is 6.08 Å². The fourth-order valence-electron chi connectivity index (χ4n) is 1.27. The summed E-state index contributed by atoms with van der Waals surface area (Å²) < 4.78 is 5.59. The molecule has 0 aromatic heterocycles. The zero-order valence-electron chi connectivity index (χ0n) is 10.8. The van der Waals surface area contributed by atoms with Crippen LogP contribution < -0.4 is 4.74 Å². The van der Waals surface area contributed by atoms with E-state index >= 15 is 0 Å². The van der Waals surface area contributed by atoms with E-state index < -0.39 is 0 Å². The maximum Gasteiger partial charge on any atom is 0.119 e. The fourth-order valence-corrected chi connectivity index (χ4v) is 1.27. The molecule has 0 saturated heterocycles. The molecule has 88 valence electrons. The molecule has 0 spiro atoms. The normalized spacial score (nSPS) is 12.0. The molecule has 1 rings (SSSR count). The highest BCUT2D eigenvalue weighted by Gasteiger charge is 2.03. The second-order valence-corrected chi connectivity index (χ2v) is 5.12. The highest BCUT2D eigenvalue weighted by molar-refractivity contribution is 5.52. The third-order valence-corrected chi connectivity index (χ3v) is 2.11. The fraction of sp³-hybridized carbons (Fsp3) is 0.467. The summed E-state index contributed by atoms with van der Waals surface area (Å²) in [6, 6.07) is 8.22. The molecule has 0 fully saturated rings. The van der Waals surface area contributed by atoms with Crippen LogP contribution in [0.5, 0.6) is 5.75 Å². The zero-order valence-corrected chi connectivity index (χ0v) is 10.8. The van der Waals surface area contributed by atoms with Crippen molar-refractivity contribution in [2.24, 2.45) is 5.41 Å². The van der Waals surface area contributed by atoms with E-state index in [-0.39, 0.29) is 5.41 Å². The lowest BCUT2D eigenvalue weighted by Crippen LogP contribution is -1.98. The van der Waals surface area contributed by atoms with Gasteiger partial charge in [-0.25, -0.2) is 0 Å². The van der Waals surface area contributed by atoms with E-state index in [0.717, 1.165) is 18.8 Å². The monoisotopic (exact) mass is 218 g/mol. The molecule has 0 radical (unpaired) electrons. The summed E-state index contributed by atoms with van der Waals surface area (Å²) >= 11 is 0. The van der Waals surface area contributed by atoms with Crippen LogP contribution in [0, 0.1) is 5.41 Å². The van der Waals surface area contributed by atoms with Gasteiger partial charge in [-0.2, -0.15) is 0 Å². The van der Waals surface area contributed by atoms with Crippen LogP contribution in [0.15, 0.2) is 30.3 Å². The third-order valence-electron chi connectivity index (χ3n) is 2.11. The number of benzene rings is 1. The summed E-state index contributed by atoms with van der Waals surface area (Å²) in [4.78, 5) is 0. The predicted molar refractivity (Wildman–Crippen MR) is 70.7 cm³/mol. The Labute approximate surface area is 99.1 Å². The maximum absolute atomic E-state index is 5.59. The molecule has 0 aliphatic rings. The standard InChI is InChI=1S/C15H22O/c1-5-11-16-14-8-6-7-13(12-14)9-10-15(2,3)4/h6-10,12H,5,11H2,1-4H3. The maximum atomic E-state index is 5.59. The molecule has 0 atom stereocenters. The summed E-state index contributed by atoms with van der Waals surface area (Å²) in [5, 5.41) is 0. The molecule has 0 bridgehead atoms. The lowest BCUT2D eigenvalue weighted by atomic mass is 9.95. The average molecular weight is 218 g/mol. The van der Waals surface area contributed by atoms with E-state index in [1.54, 1.807) is 0 Å². The van der Waals surface area contributed by atoms with E-state index in [0.29, 0.717) is 0 Å². The number of allylic oxidation sites excluding steroid dienone is 1.